The number of para-hydroxylation sites is 1. The Balaban J connectivity index is 1.78. The topological polar surface area (TPSA) is 81.7 Å². The van der Waals surface area contributed by atoms with Crippen molar-refractivity contribution >= 4 is 28.9 Å². The van der Waals surface area contributed by atoms with Crippen LogP contribution < -0.4 is 15.5 Å². The van der Waals surface area contributed by atoms with Crippen molar-refractivity contribution in [1.29, 1.82) is 0 Å². The highest BCUT2D eigenvalue weighted by Crippen LogP contribution is 2.24. The average Bonchev–Trinajstić information content (AvgIpc) is 2.70. The third-order valence-corrected chi connectivity index (χ3v) is 4.52. The number of aryl methyl sites for hydroxylation is 1. The van der Waals surface area contributed by atoms with Crippen LogP contribution in [0.2, 0.25) is 0 Å². The first kappa shape index (κ1) is 19.9. The standard InChI is InChI=1S/C23H23N3O3/c1-15-11-12-17(24-22(28)16-7-6-8-18(13-16)26(2)3)14-20(15)25-23(29)19-9-4-5-10-21(19)27/h4-14,27H,1-3H3,(H,24,28)(H,25,29). The molecule has 148 valence electrons. The van der Waals surface area contributed by atoms with Gasteiger partial charge in [0, 0.05) is 36.7 Å². The summed E-state index contributed by atoms with van der Waals surface area (Å²) in [6.07, 6.45) is 0. The molecule has 6 heteroatoms. The van der Waals surface area contributed by atoms with E-state index in [0.29, 0.717) is 16.9 Å². The summed E-state index contributed by atoms with van der Waals surface area (Å²) in [5, 5.41) is 15.5. The number of phenolic OH excluding ortho intramolecular Hbond substituents is 1. The molecule has 0 aliphatic rings. The Morgan fingerprint density at radius 2 is 1.62 bits per heavy atom. The number of nitrogens with zero attached hydrogens (tertiary/aromatic N) is 1. The quantitative estimate of drug-likeness (QED) is 0.609. The van der Waals surface area contributed by atoms with Gasteiger partial charge < -0.3 is 20.6 Å². The number of hydrogen-bond acceptors (Lipinski definition) is 4. The fraction of sp³-hybridized carbons (Fsp3) is 0.130. The van der Waals surface area contributed by atoms with Crippen LogP contribution in [-0.4, -0.2) is 31.0 Å². The summed E-state index contributed by atoms with van der Waals surface area (Å²) in [6, 6.07) is 18.9. The molecular formula is C23H23N3O3. The number of amides is 2. The van der Waals surface area contributed by atoms with E-state index >= 15 is 0 Å². The summed E-state index contributed by atoms with van der Waals surface area (Å²) in [5.74, 6) is -0.753. The molecule has 3 aromatic carbocycles. The van der Waals surface area contributed by atoms with Gasteiger partial charge in [-0.1, -0.05) is 24.3 Å². The highest BCUT2D eigenvalue weighted by Gasteiger charge is 2.13. The van der Waals surface area contributed by atoms with Crippen LogP contribution in [0.15, 0.2) is 66.7 Å². The highest BCUT2D eigenvalue weighted by molar-refractivity contribution is 6.08. The number of phenols is 1. The molecule has 0 aliphatic carbocycles. The number of rotatable bonds is 5. The molecule has 0 heterocycles. The number of nitrogens with one attached hydrogen (secondary N) is 2. The van der Waals surface area contributed by atoms with Crippen molar-refractivity contribution < 1.29 is 14.7 Å². The second-order valence-corrected chi connectivity index (χ2v) is 6.90. The van der Waals surface area contributed by atoms with E-state index < -0.39 is 5.91 Å². The van der Waals surface area contributed by atoms with E-state index in [2.05, 4.69) is 10.6 Å². The number of benzene rings is 3. The van der Waals surface area contributed by atoms with Crippen molar-refractivity contribution in [3.63, 3.8) is 0 Å². The van der Waals surface area contributed by atoms with Crippen LogP contribution in [0.5, 0.6) is 5.75 Å². The van der Waals surface area contributed by atoms with Gasteiger partial charge in [0.1, 0.15) is 5.75 Å². The Morgan fingerprint density at radius 3 is 2.34 bits per heavy atom. The lowest BCUT2D eigenvalue weighted by atomic mass is 10.1. The lowest BCUT2D eigenvalue weighted by molar-refractivity contribution is 0.101. The predicted molar refractivity (Wildman–Crippen MR) is 116 cm³/mol. The summed E-state index contributed by atoms with van der Waals surface area (Å²) in [4.78, 5) is 27.0. The van der Waals surface area contributed by atoms with E-state index in [4.69, 9.17) is 0 Å². The molecule has 2 amide bonds. The maximum absolute atomic E-state index is 12.6. The Bertz CT molecular complexity index is 1060. The first-order valence-corrected chi connectivity index (χ1v) is 9.14. The summed E-state index contributed by atoms with van der Waals surface area (Å²) in [7, 11) is 3.83. The Morgan fingerprint density at radius 1 is 0.862 bits per heavy atom. The average molecular weight is 389 g/mol. The molecule has 6 nitrogen and oxygen atoms in total. The first-order chi connectivity index (χ1) is 13.8. The van der Waals surface area contributed by atoms with Crippen molar-refractivity contribution in [2.45, 2.75) is 6.92 Å². The number of anilines is 3. The minimum Gasteiger partial charge on any atom is -0.507 e. The van der Waals surface area contributed by atoms with Gasteiger partial charge in [-0.2, -0.15) is 0 Å². The molecule has 3 rings (SSSR count). The van der Waals surface area contributed by atoms with Crippen LogP contribution in [0.1, 0.15) is 26.3 Å². The third kappa shape index (κ3) is 4.73. The fourth-order valence-electron chi connectivity index (χ4n) is 2.82. The fourth-order valence-corrected chi connectivity index (χ4v) is 2.82. The monoisotopic (exact) mass is 389 g/mol. The molecule has 0 unspecified atom stereocenters. The molecule has 0 aliphatic heterocycles. The Kier molecular flexibility index (Phi) is 5.83. The van der Waals surface area contributed by atoms with Gasteiger partial charge in [0.25, 0.3) is 11.8 Å². The van der Waals surface area contributed by atoms with Crippen LogP contribution in [0.25, 0.3) is 0 Å². The number of carbonyl (C=O) groups excluding carboxylic acids is 2. The Labute approximate surface area is 169 Å². The zero-order valence-corrected chi connectivity index (χ0v) is 16.6. The lowest BCUT2D eigenvalue weighted by Gasteiger charge is -2.14. The van der Waals surface area contributed by atoms with Crippen molar-refractivity contribution in [3.05, 3.63) is 83.4 Å². The molecule has 0 atom stereocenters. The number of aromatic hydroxyl groups is 1. The normalized spacial score (nSPS) is 10.3. The van der Waals surface area contributed by atoms with Gasteiger partial charge in [-0.05, 0) is 55.0 Å². The summed E-state index contributed by atoms with van der Waals surface area (Å²) >= 11 is 0. The zero-order valence-electron chi connectivity index (χ0n) is 16.6. The van der Waals surface area contributed by atoms with Crippen LogP contribution in [0.3, 0.4) is 0 Å². The molecule has 0 aromatic heterocycles. The molecule has 0 saturated carbocycles. The predicted octanol–water partition coefficient (Wildman–Crippen LogP) is 4.27. The van der Waals surface area contributed by atoms with Crippen molar-refractivity contribution in [2.24, 2.45) is 0 Å². The largest absolute Gasteiger partial charge is 0.507 e. The van der Waals surface area contributed by atoms with Gasteiger partial charge in [0.05, 0.1) is 5.56 Å². The van der Waals surface area contributed by atoms with Gasteiger partial charge >= 0.3 is 0 Å². The smallest absolute Gasteiger partial charge is 0.259 e. The van der Waals surface area contributed by atoms with E-state index in [1.165, 1.54) is 6.07 Å². The van der Waals surface area contributed by atoms with Crippen LogP contribution in [-0.2, 0) is 0 Å². The molecule has 3 N–H and O–H groups in total. The van der Waals surface area contributed by atoms with Gasteiger partial charge in [0.2, 0.25) is 0 Å². The molecule has 0 bridgehead atoms. The minimum atomic E-state index is -0.423. The first-order valence-electron chi connectivity index (χ1n) is 9.14. The molecule has 29 heavy (non-hydrogen) atoms. The minimum absolute atomic E-state index is 0.0899. The molecule has 0 saturated heterocycles. The summed E-state index contributed by atoms with van der Waals surface area (Å²) < 4.78 is 0. The number of carbonyl (C=O) groups is 2. The van der Waals surface area contributed by atoms with E-state index in [1.807, 2.05) is 50.2 Å². The second-order valence-electron chi connectivity index (χ2n) is 6.90. The van der Waals surface area contributed by atoms with Crippen molar-refractivity contribution in [3.8, 4) is 5.75 Å². The van der Waals surface area contributed by atoms with E-state index in [0.717, 1.165) is 11.3 Å². The lowest BCUT2D eigenvalue weighted by Crippen LogP contribution is -2.15. The summed E-state index contributed by atoms with van der Waals surface area (Å²) in [5.41, 5.74) is 3.60. The molecule has 0 radical (unpaired) electrons. The SMILES string of the molecule is Cc1ccc(NC(=O)c2cccc(N(C)C)c2)cc1NC(=O)c1ccccc1O. The van der Waals surface area contributed by atoms with Crippen LogP contribution in [0.4, 0.5) is 17.1 Å². The molecule has 0 fully saturated rings. The maximum atomic E-state index is 12.6. The van der Waals surface area contributed by atoms with Gasteiger partial charge in [-0.15, -0.1) is 0 Å². The Hall–Kier alpha value is -3.80. The van der Waals surface area contributed by atoms with Crippen molar-refractivity contribution in [2.75, 3.05) is 29.6 Å². The zero-order chi connectivity index (χ0) is 21.0. The second kappa shape index (κ2) is 8.48. The van der Waals surface area contributed by atoms with E-state index in [1.54, 1.807) is 36.4 Å². The number of hydrogen-bond donors (Lipinski definition) is 3. The van der Waals surface area contributed by atoms with Gasteiger partial charge in [-0.25, -0.2) is 0 Å². The van der Waals surface area contributed by atoms with Gasteiger partial charge in [0.15, 0.2) is 0 Å². The third-order valence-electron chi connectivity index (χ3n) is 4.52. The molecule has 3 aromatic rings. The van der Waals surface area contributed by atoms with E-state index in [-0.39, 0.29) is 17.2 Å². The highest BCUT2D eigenvalue weighted by atomic mass is 16.3. The molecule has 0 spiro atoms. The van der Waals surface area contributed by atoms with Gasteiger partial charge in [-0.3, -0.25) is 9.59 Å². The maximum Gasteiger partial charge on any atom is 0.259 e. The van der Waals surface area contributed by atoms with E-state index in [9.17, 15) is 14.7 Å². The van der Waals surface area contributed by atoms with Crippen LogP contribution >= 0.6 is 0 Å². The summed E-state index contributed by atoms with van der Waals surface area (Å²) in [6.45, 7) is 1.85. The van der Waals surface area contributed by atoms with Crippen LogP contribution in [0, 0.1) is 6.92 Å². The van der Waals surface area contributed by atoms with Crippen molar-refractivity contribution in [1.82, 2.24) is 0 Å². The molecular weight excluding hydrogens is 366 g/mol.